The van der Waals surface area contributed by atoms with Gasteiger partial charge in [-0.05, 0) is 30.7 Å². The molecule has 0 radical (unpaired) electrons. The van der Waals surface area contributed by atoms with Gasteiger partial charge in [0.1, 0.15) is 12.4 Å². The number of hydrogen-bond acceptors (Lipinski definition) is 4. The van der Waals surface area contributed by atoms with Crippen molar-refractivity contribution in [2.24, 2.45) is 0 Å². The number of nitrogens with one attached hydrogen (secondary N) is 2. The van der Waals surface area contributed by atoms with Crippen LogP contribution in [0.5, 0.6) is 5.75 Å². The summed E-state index contributed by atoms with van der Waals surface area (Å²) in [5, 5.41) is 6.45. The van der Waals surface area contributed by atoms with E-state index >= 15 is 0 Å². The van der Waals surface area contributed by atoms with Gasteiger partial charge >= 0.3 is 0 Å². The Kier molecular flexibility index (Phi) is 4.39. The van der Waals surface area contributed by atoms with Crippen LogP contribution in [-0.2, 0) is 6.54 Å². The Morgan fingerprint density at radius 1 is 1.23 bits per heavy atom. The molecule has 22 heavy (non-hydrogen) atoms. The van der Waals surface area contributed by atoms with Gasteiger partial charge in [0.25, 0.3) is 0 Å². The Balaban J connectivity index is 1.56. The quantitative estimate of drug-likeness (QED) is 0.833. The van der Waals surface area contributed by atoms with Gasteiger partial charge in [0.2, 0.25) is 0 Å². The van der Waals surface area contributed by atoms with Gasteiger partial charge < -0.3 is 15.4 Å². The minimum atomic E-state index is 0.0854. The summed E-state index contributed by atoms with van der Waals surface area (Å²) in [7, 11) is 0. The number of hydrogen-bond donors (Lipinski definition) is 2. The highest BCUT2D eigenvalue weighted by Gasteiger charge is 2.13. The number of carbonyl (C=O) groups is 1. The van der Waals surface area contributed by atoms with Gasteiger partial charge in [-0.2, -0.15) is 0 Å². The van der Waals surface area contributed by atoms with Crippen molar-refractivity contribution >= 4 is 11.5 Å². The molecule has 1 aliphatic rings. The number of anilines is 1. The third-order valence-corrected chi connectivity index (χ3v) is 3.71. The van der Waals surface area contributed by atoms with Crippen molar-refractivity contribution in [2.45, 2.75) is 13.5 Å². The van der Waals surface area contributed by atoms with Crippen LogP contribution < -0.4 is 15.4 Å². The molecule has 2 aromatic rings. The van der Waals surface area contributed by atoms with Crippen LogP contribution in [0.15, 0.2) is 42.5 Å². The van der Waals surface area contributed by atoms with Crippen molar-refractivity contribution in [1.29, 1.82) is 0 Å². The summed E-state index contributed by atoms with van der Waals surface area (Å²) in [6, 6.07) is 13.8. The van der Waals surface area contributed by atoms with Crippen LogP contribution in [0.3, 0.4) is 0 Å². The topological polar surface area (TPSA) is 50.4 Å². The lowest BCUT2D eigenvalue weighted by Crippen LogP contribution is -2.23. The standard InChI is InChI=1S/C18H20N2O2/c1-13-2-4-14(5-3-13)11-19-12-17(21)15-6-7-18-16(10-15)20-8-9-22-18/h2-7,10,19-20H,8-9,11-12H2,1H3. The van der Waals surface area contributed by atoms with E-state index in [4.69, 9.17) is 4.74 Å². The van der Waals surface area contributed by atoms with Gasteiger partial charge in [-0.3, -0.25) is 4.79 Å². The average molecular weight is 296 g/mol. The number of benzene rings is 2. The molecule has 1 heterocycles. The summed E-state index contributed by atoms with van der Waals surface area (Å²) >= 11 is 0. The number of ketones is 1. The molecule has 114 valence electrons. The van der Waals surface area contributed by atoms with Crippen LogP contribution in [-0.4, -0.2) is 25.5 Å². The maximum atomic E-state index is 12.2. The number of carbonyl (C=O) groups excluding carboxylic acids is 1. The highest BCUT2D eigenvalue weighted by atomic mass is 16.5. The van der Waals surface area contributed by atoms with E-state index < -0.39 is 0 Å². The van der Waals surface area contributed by atoms with Crippen molar-refractivity contribution in [3.8, 4) is 5.75 Å². The van der Waals surface area contributed by atoms with Gasteiger partial charge in [-0.25, -0.2) is 0 Å². The fourth-order valence-corrected chi connectivity index (χ4v) is 2.44. The van der Waals surface area contributed by atoms with Crippen molar-refractivity contribution in [3.05, 3.63) is 59.2 Å². The molecule has 0 spiro atoms. The summed E-state index contributed by atoms with van der Waals surface area (Å²) in [4.78, 5) is 12.2. The third-order valence-electron chi connectivity index (χ3n) is 3.71. The largest absolute Gasteiger partial charge is 0.490 e. The molecule has 4 nitrogen and oxygen atoms in total. The molecule has 3 rings (SSSR count). The van der Waals surface area contributed by atoms with E-state index in [1.807, 2.05) is 18.2 Å². The van der Waals surface area contributed by atoms with Crippen LogP contribution in [0.2, 0.25) is 0 Å². The molecule has 2 aromatic carbocycles. The van der Waals surface area contributed by atoms with E-state index in [1.165, 1.54) is 11.1 Å². The van der Waals surface area contributed by atoms with E-state index in [9.17, 15) is 4.79 Å². The zero-order valence-electron chi connectivity index (χ0n) is 12.7. The maximum Gasteiger partial charge on any atom is 0.176 e. The first kappa shape index (κ1) is 14.6. The lowest BCUT2D eigenvalue weighted by molar-refractivity contribution is 0.0991. The highest BCUT2D eigenvalue weighted by Crippen LogP contribution is 2.28. The van der Waals surface area contributed by atoms with Crippen LogP contribution >= 0.6 is 0 Å². The van der Waals surface area contributed by atoms with Crippen LogP contribution in [0.4, 0.5) is 5.69 Å². The molecule has 4 heteroatoms. The smallest absolute Gasteiger partial charge is 0.176 e. The minimum absolute atomic E-state index is 0.0854. The number of fused-ring (bicyclic) bond motifs is 1. The first-order valence-corrected chi connectivity index (χ1v) is 7.52. The molecule has 0 amide bonds. The molecule has 0 unspecified atom stereocenters. The monoisotopic (exact) mass is 296 g/mol. The van der Waals surface area contributed by atoms with E-state index in [0.717, 1.165) is 18.0 Å². The number of aryl methyl sites for hydroxylation is 1. The Morgan fingerprint density at radius 2 is 2.05 bits per heavy atom. The second kappa shape index (κ2) is 6.62. The first-order valence-electron chi connectivity index (χ1n) is 7.52. The summed E-state index contributed by atoms with van der Waals surface area (Å²) < 4.78 is 5.52. The van der Waals surface area contributed by atoms with Gasteiger partial charge in [0.05, 0.1) is 12.2 Å². The molecule has 0 bridgehead atoms. The van der Waals surface area contributed by atoms with E-state index in [1.54, 1.807) is 0 Å². The zero-order chi connectivity index (χ0) is 15.4. The Labute approximate surface area is 130 Å². The van der Waals surface area contributed by atoms with Gasteiger partial charge in [-0.15, -0.1) is 0 Å². The summed E-state index contributed by atoms with van der Waals surface area (Å²) in [6.45, 7) is 4.52. The van der Waals surface area contributed by atoms with Crippen LogP contribution in [0.25, 0.3) is 0 Å². The normalized spacial score (nSPS) is 13.0. The van der Waals surface area contributed by atoms with Crippen molar-refractivity contribution < 1.29 is 9.53 Å². The first-order chi connectivity index (χ1) is 10.7. The SMILES string of the molecule is Cc1ccc(CNCC(=O)c2ccc3c(c2)NCCO3)cc1. The lowest BCUT2D eigenvalue weighted by Gasteiger charge is -2.19. The maximum absolute atomic E-state index is 12.2. The fourth-order valence-electron chi connectivity index (χ4n) is 2.44. The van der Waals surface area contributed by atoms with E-state index in [-0.39, 0.29) is 5.78 Å². The van der Waals surface area contributed by atoms with Crippen LogP contribution in [0, 0.1) is 6.92 Å². The molecule has 0 saturated heterocycles. The van der Waals surface area contributed by atoms with Crippen molar-refractivity contribution in [3.63, 3.8) is 0 Å². The molecule has 0 fully saturated rings. The predicted molar refractivity (Wildman–Crippen MR) is 87.6 cm³/mol. The van der Waals surface area contributed by atoms with Crippen molar-refractivity contribution in [1.82, 2.24) is 5.32 Å². The number of ether oxygens (including phenoxy) is 1. The molecule has 0 aromatic heterocycles. The summed E-state index contributed by atoms with van der Waals surface area (Å²) in [5.41, 5.74) is 4.02. The molecule has 0 saturated carbocycles. The molecular weight excluding hydrogens is 276 g/mol. The molecule has 0 atom stereocenters. The number of rotatable bonds is 5. The van der Waals surface area contributed by atoms with Gasteiger partial charge in [0, 0.05) is 18.7 Å². The zero-order valence-corrected chi connectivity index (χ0v) is 12.7. The van der Waals surface area contributed by atoms with Crippen molar-refractivity contribution in [2.75, 3.05) is 25.0 Å². The fraction of sp³-hybridized carbons (Fsp3) is 0.278. The van der Waals surface area contributed by atoms with E-state index in [2.05, 4.69) is 41.8 Å². The Hall–Kier alpha value is -2.33. The highest BCUT2D eigenvalue weighted by molar-refractivity contribution is 5.98. The molecule has 0 aliphatic carbocycles. The number of Topliss-reactive ketones (excluding diaryl/α,β-unsaturated/α-hetero) is 1. The molecular formula is C18H20N2O2. The van der Waals surface area contributed by atoms with Gasteiger partial charge in [0.15, 0.2) is 5.78 Å². The minimum Gasteiger partial charge on any atom is -0.490 e. The van der Waals surface area contributed by atoms with E-state index in [0.29, 0.717) is 25.3 Å². The Bertz CT molecular complexity index is 665. The van der Waals surface area contributed by atoms with Gasteiger partial charge in [-0.1, -0.05) is 29.8 Å². The average Bonchev–Trinajstić information content (AvgIpc) is 2.56. The second-order valence-electron chi connectivity index (χ2n) is 5.50. The third kappa shape index (κ3) is 3.46. The van der Waals surface area contributed by atoms with Crippen LogP contribution in [0.1, 0.15) is 21.5 Å². The Morgan fingerprint density at radius 3 is 2.86 bits per heavy atom. The summed E-state index contributed by atoms with van der Waals surface area (Å²) in [6.07, 6.45) is 0. The predicted octanol–water partition coefficient (Wildman–Crippen LogP) is 2.77. The lowest BCUT2D eigenvalue weighted by atomic mass is 10.1. The summed E-state index contributed by atoms with van der Waals surface area (Å²) in [5.74, 6) is 0.901. The second-order valence-corrected chi connectivity index (χ2v) is 5.50. The molecule has 2 N–H and O–H groups in total. The molecule has 1 aliphatic heterocycles.